The van der Waals surface area contributed by atoms with Crippen molar-refractivity contribution in [3.8, 4) is 33.4 Å². The minimum absolute atomic E-state index is 0.00245. The Hall–Kier alpha value is -6.78. The van der Waals surface area contributed by atoms with Crippen molar-refractivity contribution < 1.29 is 4.42 Å². The highest BCUT2D eigenvalue weighted by atomic mass is 16.3. The molecule has 9 aromatic rings. The van der Waals surface area contributed by atoms with Crippen molar-refractivity contribution in [3.63, 3.8) is 0 Å². The number of hydrogen-bond acceptors (Lipinski definition) is 3. The van der Waals surface area contributed by atoms with Gasteiger partial charge in [0.15, 0.2) is 5.58 Å². The summed E-state index contributed by atoms with van der Waals surface area (Å²) in [5.74, 6) is 0. The quantitative estimate of drug-likeness (QED) is 0.165. The number of benzene rings is 8. The summed E-state index contributed by atoms with van der Waals surface area (Å²) in [6.45, 7) is 35.6. The highest BCUT2D eigenvalue weighted by Gasteiger charge is 2.50. The first-order chi connectivity index (χ1) is 35.3. The van der Waals surface area contributed by atoms with Crippen molar-refractivity contribution in [3.05, 3.63) is 185 Å². The number of para-hydroxylation sites is 1. The van der Waals surface area contributed by atoms with Gasteiger partial charge < -0.3 is 14.1 Å². The van der Waals surface area contributed by atoms with Crippen LogP contribution in [0.25, 0.3) is 55.3 Å². The van der Waals surface area contributed by atoms with Crippen LogP contribution >= 0.6 is 0 Å². The molecule has 4 aliphatic rings. The lowest BCUT2D eigenvalue weighted by Crippen LogP contribution is -2.61. The minimum atomic E-state index is -0.224. The van der Waals surface area contributed by atoms with Gasteiger partial charge in [-0.05, 0) is 173 Å². The van der Waals surface area contributed by atoms with E-state index < -0.39 is 0 Å². The van der Waals surface area contributed by atoms with Gasteiger partial charge in [-0.25, -0.2) is 0 Å². The predicted molar refractivity (Wildman–Crippen MR) is 322 cm³/mol. The van der Waals surface area contributed by atoms with Crippen LogP contribution in [0.15, 0.2) is 150 Å². The number of fused-ring (bicyclic) bond motifs is 12. The van der Waals surface area contributed by atoms with Gasteiger partial charge in [0.05, 0.1) is 11.4 Å². The van der Waals surface area contributed by atoms with Crippen molar-refractivity contribution >= 4 is 68.1 Å². The molecule has 3 nitrogen and oxygen atoms in total. The molecule has 0 fully saturated rings. The Morgan fingerprint density at radius 2 is 1.03 bits per heavy atom. The molecule has 2 aliphatic carbocycles. The van der Waals surface area contributed by atoms with E-state index in [4.69, 9.17) is 4.42 Å². The van der Waals surface area contributed by atoms with E-state index in [0.717, 1.165) is 33.3 Å². The van der Waals surface area contributed by atoms with Crippen molar-refractivity contribution in [2.24, 2.45) is 0 Å². The van der Waals surface area contributed by atoms with Crippen LogP contribution in [0.5, 0.6) is 0 Å². The molecule has 13 rings (SSSR count). The largest absolute Gasteiger partial charge is 0.454 e. The summed E-state index contributed by atoms with van der Waals surface area (Å²) in [6, 6.07) is 56.8. The second-order valence-electron chi connectivity index (χ2n) is 27.7. The van der Waals surface area contributed by atoms with Crippen LogP contribution in [0, 0.1) is 0 Å². The second-order valence-corrected chi connectivity index (χ2v) is 27.7. The Morgan fingerprint density at radius 1 is 0.453 bits per heavy atom. The minimum Gasteiger partial charge on any atom is -0.454 e. The topological polar surface area (TPSA) is 19.6 Å². The molecule has 4 heteroatoms. The third kappa shape index (κ3) is 7.06. The van der Waals surface area contributed by atoms with Gasteiger partial charge in [0, 0.05) is 44.4 Å². The van der Waals surface area contributed by atoms with Crippen LogP contribution in [0.4, 0.5) is 28.4 Å². The smallest absolute Gasteiger partial charge is 0.333 e. The fourth-order valence-corrected chi connectivity index (χ4v) is 13.7. The number of nitrogens with zero attached hydrogens (tertiary/aromatic N) is 2. The molecule has 0 saturated carbocycles. The average Bonchev–Trinajstić information content (AvgIpc) is 4.02. The summed E-state index contributed by atoms with van der Waals surface area (Å²) in [5.41, 5.74) is 27.5. The lowest BCUT2D eigenvalue weighted by molar-refractivity contribution is 0.331. The monoisotopic (exact) mass is 981 g/mol. The standard InChI is InChI=1S/C71H73BN2O/c1-66(2,3)43-25-29-46(30-26-43)74-61-41-55-49(50-39-56-57(40-54(50)71(55,14)15)70(12,13)34-33-69(56,10)11)37-51(61)52-38-53-47-23-19-20-24-62(47)75-65(53)64-63(52)72(74)58-36-45(68(7,8)9)28-32-60(58)73(64)59-31-27-44(67(4,5)6)35-48(59)42-21-17-16-18-22-42/h16-32,35-41H,33-34H2,1-15H3. The fraction of sp³-hybridized carbons (Fsp3) is 0.324. The first-order valence-electron chi connectivity index (χ1n) is 27.7. The van der Waals surface area contributed by atoms with Gasteiger partial charge in [0.25, 0.3) is 0 Å². The third-order valence-electron chi connectivity index (χ3n) is 18.4. The molecule has 0 amide bonds. The molecule has 0 atom stereocenters. The molecule has 1 aromatic heterocycles. The number of furan rings is 1. The van der Waals surface area contributed by atoms with Crippen molar-refractivity contribution in [1.82, 2.24) is 0 Å². The lowest BCUT2D eigenvalue weighted by atomic mass is 9.43. The Bertz CT molecular complexity index is 3860. The maximum Gasteiger partial charge on any atom is 0.333 e. The van der Waals surface area contributed by atoms with Crippen LogP contribution in [0.2, 0.25) is 0 Å². The van der Waals surface area contributed by atoms with Crippen LogP contribution in [-0.2, 0) is 32.5 Å². The van der Waals surface area contributed by atoms with Crippen molar-refractivity contribution in [2.45, 2.75) is 149 Å². The summed E-state index contributed by atoms with van der Waals surface area (Å²) in [6.07, 6.45) is 2.37. The van der Waals surface area contributed by atoms with Crippen LogP contribution in [0.3, 0.4) is 0 Å². The zero-order valence-corrected chi connectivity index (χ0v) is 47.2. The van der Waals surface area contributed by atoms with Gasteiger partial charge in [-0.2, -0.15) is 0 Å². The van der Waals surface area contributed by atoms with E-state index in [9.17, 15) is 0 Å². The van der Waals surface area contributed by atoms with E-state index in [1.54, 1.807) is 0 Å². The molecule has 8 aromatic carbocycles. The zero-order valence-electron chi connectivity index (χ0n) is 47.2. The van der Waals surface area contributed by atoms with Gasteiger partial charge >= 0.3 is 6.85 Å². The molecular weight excluding hydrogens is 908 g/mol. The van der Waals surface area contributed by atoms with Gasteiger partial charge in [-0.3, -0.25) is 0 Å². The summed E-state index contributed by atoms with van der Waals surface area (Å²) in [4.78, 5) is 5.33. The molecule has 0 unspecified atom stereocenters. The zero-order chi connectivity index (χ0) is 52.7. The average molecular weight is 981 g/mol. The summed E-state index contributed by atoms with van der Waals surface area (Å²) >= 11 is 0. The maximum atomic E-state index is 7.35. The van der Waals surface area contributed by atoms with Crippen molar-refractivity contribution in [1.29, 1.82) is 0 Å². The highest BCUT2D eigenvalue weighted by molar-refractivity contribution is 6.94. The van der Waals surface area contributed by atoms with Gasteiger partial charge in [-0.1, -0.05) is 189 Å². The molecule has 0 radical (unpaired) electrons. The summed E-state index contributed by atoms with van der Waals surface area (Å²) in [7, 11) is 0. The molecule has 0 N–H and O–H groups in total. The summed E-state index contributed by atoms with van der Waals surface area (Å²) < 4.78 is 7.35. The first kappa shape index (κ1) is 47.9. The molecule has 0 spiro atoms. The molecule has 2 aliphatic heterocycles. The Balaban J connectivity index is 1.20. The third-order valence-corrected chi connectivity index (χ3v) is 18.4. The van der Waals surface area contributed by atoms with Gasteiger partial charge in [-0.15, -0.1) is 0 Å². The van der Waals surface area contributed by atoms with E-state index in [0.29, 0.717) is 0 Å². The molecule has 0 bridgehead atoms. The van der Waals surface area contributed by atoms with Crippen LogP contribution in [-0.4, -0.2) is 6.85 Å². The van der Waals surface area contributed by atoms with E-state index in [1.807, 2.05) is 0 Å². The van der Waals surface area contributed by atoms with E-state index in [2.05, 4.69) is 259 Å². The Morgan fingerprint density at radius 3 is 1.69 bits per heavy atom. The number of hydrogen-bond donors (Lipinski definition) is 0. The maximum absolute atomic E-state index is 7.35. The SMILES string of the molecule is CC(C)(C)c1ccc(N2B3c4cc(C(C)(C)C)ccc4N(c4ccc(C(C)(C)C)cc4-c4ccccc4)c4c3c(cc3c4oc4ccccc43)-c3cc4c(cc32)C(C)(C)c2cc3c(cc2-4)C(C)(C)CCC3(C)C)cc1. The highest BCUT2D eigenvalue weighted by Crippen LogP contribution is 2.59. The lowest BCUT2D eigenvalue weighted by Gasteiger charge is -2.46. The molecular formula is C71H73BN2O. The fourth-order valence-electron chi connectivity index (χ4n) is 13.7. The number of anilines is 5. The van der Waals surface area contributed by atoms with E-state index >= 15 is 0 Å². The number of rotatable bonds is 3. The summed E-state index contributed by atoms with van der Waals surface area (Å²) in [5, 5.41) is 2.27. The first-order valence-corrected chi connectivity index (χ1v) is 27.7. The van der Waals surface area contributed by atoms with Gasteiger partial charge in [0.2, 0.25) is 0 Å². The molecule has 376 valence electrons. The molecule has 3 heterocycles. The Labute approximate surface area is 447 Å². The second kappa shape index (κ2) is 15.7. The van der Waals surface area contributed by atoms with Crippen LogP contribution < -0.4 is 20.6 Å². The van der Waals surface area contributed by atoms with E-state index in [-0.39, 0.29) is 39.3 Å². The normalized spacial score (nSPS) is 16.9. The Kier molecular flexibility index (Phi) is 10.0. The predicted octanol–water partition coefficient (Wildman–Crippen LogP) is 18.5. The van der Waals surface area contributed by atoms with Crippen LogP contribution in [0.1, 0.15) is 156 Å². The molecule has 0 saturated heterocycles. The van der Waals surface area contributed by atoms with E-state index in [1.165, 1.54) is 113 Å². The molecule has 75 heavy (non-hydrogen) atoms. The van der Waals surface area contributed by atoms with Crippen molar-refractivity contribution in [2.75, 3.05) is 9.71 Å². The van der Waals surface area contributed by atoms with Gasteiger partial charge in [0.1, 0.15) is 5.58 Å².